The molecular weight excluding hydrogens is 252 g/mol. The monoisotopic (exact) mass is 260 g/mol. The first kappa shape index (κ1) is 13.0. The third-order valence-corrected chi connectivity index (χ3v) is 2.66. The summed E-state index contributed by atoms with van der Waals surface area (Å²) >= 11 is 1.24. The molecule has 0 atom stereocenters. The molecule has 0 unspecified atom stereocenters. The molecule has 0 bridgehead atoms. The van der Waals surface area contributed by atoms with Gasteiger partial charge in [0, 0.05) is 0 Å². The molecule has 0 radical (unpaired) electrons. The number of benzene rings is 1. The Hall–Kier alpha value is -1.07. The fraction of sp³-hybridized carbons (Fsp3) is 0.200. The van der Waals surface area contributed by atoms with Gasteiger partial charge in [0.25, 0.3) is 0 Å². The summed E-state index contributed by atoms with van der Waals surface area (Å²) in [7, 11) is 0. The van der Waals surface area contributed by atoms with Crippen molar-refractivity contribution in [2.24, 2.45) is 0 Å². The first-order chi connectivity index (χ1) is 7.36. The third kappa shape index (κ3) is 2.36. The van der Waals surface area contributed by atoms with E-state index >= 15 is 0 Å². The summed E-state index contributed by atoms with van der Waals surface area (Å²) in [6, 6.07) is 2.09. The van der Waals surface area contributed by atoms with Gasteiger partial charge in [0.05, 0.1) is 0 Å². The summed E-state index contributed by atoms with van der Waals surface area (Å²) in [4.78, 5) is 23.0. The molecule has 0 aromatic heterocycles. The van der Waals surface area contributed by atoms with Gasteiger partial charge in [0.2, 0.25) is 0 Å². The Morgan fingerprint density at radius 1 is 1.19 bits per heavy atom. The van der Waals surface area contributed by atoms with Crippen LogP contribution in [0.3, 0.4) is 0 Å². The molecule has 1 aromatic rings. The van der Waals surface area contributed by atoms with E-state index in [0.717, 1.165) is 26.0 Å². The van der Waals surface area contributed by atoms with Gasteiger partial charge in [-0.15, -0.1) is 0 Å². The molecule has 0 aliphatic carbocycles. The van der Waals surface area contributed by atoms with E-state index in [-0.39, 0.29) is 9.56 Å². The van der Waals surface area contributed by atoms with Gasteiger partial charge < -0.3 is 0 Å². The van der Waals surface area contributed by atoms with Gasteiger partial charge in [-0.25, -0.2) is 0 Å². The van der Waals surface area contributed by atoms with Crippen molar-refractivity contribution in [1.29, 1.82) is 0 Å². The van der Waals surface area contributed by atoms with Crippen LogP contribution >= 0.6 is 0 Å². The van der Waals surface area contributed by atoms with E-state index in [2.05, 4.69) is 0 Å². The maximum atomic E-state index is 13.6. The Balaban J connectivity index is 3.37. The number of imide groups is 1. The number of hydrogen-bond acceptors (Lipinski definition) is 2. The quantitative estimate of drug-likeness (QED) is 0.707. The SMILES string of the molecule is CC(=O)N(C(C)=O)c1ccc(F)[c]([Ti])c1F. The molecule has 6 heteroatoms. The molecule has 83 valence electrons. The minimum atomic E-state index is -0.898. The number of anilines is 1. The van der Waals surface area contributed by atoms with Crippen molar-refractivity contribution in [3.05, 3.63) is 23.8 Å². The first-order valence-corrected chi connectivity index (χ1v) is 5.15. The molecule has 0 N–H and O–H groups in total. The van der Waals surface area contributed by atoms with Crippen LogP contribution in [-0.4, -0.2) is 11.8 Å². The standard InChI is InChI=1S/C10H8F2NO2.Ti/c1-6(14)13(7(2)15)10-4-3-8(11)5-9(10)12;/h3-4H,1-2H3;. The van der Waals surface area contributed by atoms with E-state index < -0.39 is 23.4 Å². The van der Waals surface area contributed by atoms with Crippen molar-refractivity contribution in [3.8, 4) is 0 Å². The number of halogens is 2. The van der Waals surface area contributed by atoms with E-state index in [9.17, 15) is 18.4 Å². The molecule has 1 rings (SSSR count). The van der Waals surface area contributed by atoms with Crippen LogP contribution in [0.15, 0.2) is 12.1 Å². The average Bonchev–Trinajstić information content (AvgIpc) is 2.17. The van der Waals surface area contributed by atoms with Gasteiger partial charge in [-0.2, -0.15) is 0 Å². The molecule has 0 saturated heterocycles. The Kier molecular flexibility index (Phi) is 3.94. The van der Waals surface area contributed by atoms with Crippen LogP contribution in [-0.2, 0) is 30.0 Å². The summed E-state index contributed by atoms with van der Waals surface area (Å²) < 4.78 is 26.4. The van der Waals surface area contributed by atoms with E-state index in [4.69, 9.17) is 0 Å². The minimum absolute atomic E-state index is 0.218. The van der Waals surface area contributed by atoms with Crippen molar-refractivity contribution in [2.75, 3.05) is 4.90 Å². The van der Waals surface area contributed by atoms with Gasteiger partial charge in [-0.1, -0.05) is 0 Å². The average molecular weight is 260 g/mol. The summed E-state index contributed by atoms with van der Waals surface area (Å²) in [5.41, 5.74) is -0.223. The van der Waals surface area contributed by atoms with E-state index in [1.54, 1.807) is 0 Å². The normalized spacial score (nSPS) is 9.94. The van der Waals surface area contributed by atoms with Crippen molar-refractivity contribution >= 4 is 21.4 Å². The zero-order valence-corrected chi connectivity index (χ0v) is 10.2. The van der Waals surface area contributed by atoms with E-state index in [0.29, 0.717) is 4.90 Å². The third-order valence-electron chi connectivity index (χ3n) is 1.94. The number of amides is 2. The van der Waals surface area contributed by atoms with Crippen molar-refractivity contribution < 1.29 is 38.8 Å². The number of carbonyl (C=O) groups is 2. The number of rotatable bonds is 1. The van der Waals surface area contributed by atoms with Crippen LogP contribution in [0.25, 0.3) is 0 Å². The summed E-state index contributed by atoms with van der Waals surface area (Å²) in [5.74, 6) is -2.84. The topological polar surface area (TPSA) is 37.4 Å². The molecule has 0 spiro atoms. The summed E-state index contributed by atoms with van der Waals surface area (Å²) in [6.07, 6.45) is 0. The van der Waals surface area contributed by atoms with E-state index in [1.807, 2.05) is 0 Å². The van der Waals surface area contributed by atoms with Gasteiger partial charge in [-0.05, 0) is 0 Å². The second-order valence-corrected chi connectivity index (χ2v) is 3.91. The zero-order chi connectivity index (χ0) is 12.5. The van der Waals surface area contributed by atoms with Crippen molar-refractivity contribution in [3.63, 3.8) is 0 Å². The van der Waals surface area contributed by atoms with Crippen LogP contribution in [0.1, 0.15) is 13.8 Å². The molecular formula is C10H8F2NO2Ti. The molecule has 16 heavy (non-hydrogen) atoms. The first-order valence-electron chi connectivity index (χ1n) is 4.37. The van der Waals surface area contributed by atoms with Crippen LogP contribution in [0.4, 0.5) is 14.5 Å². The van der Waals surface area contributed by atoms with Crippen molar-refractivity contribution in [2.45, 2.75) is 13.8 Å². The van der Waals surface area contributed by atoms with E-state index in [1.165, 1.54) is 20.4 Å². The second-order valence-electron chi connectivity index (χ2n) is 3.13. The second kappa shape index (κ2) is 4.85. The summed E-state index contributed by atoms with van der Waals surface area (Å²) in [6.45, 7) is 2.28. The summed E-state index contributed by atoms with van der Waals surface area (Å²) in [5, 5.41) is 0. The Morgan fingerprint density at radius 2 is 1.69 bits per heavy atom. The van der Waals surface area contributed by atoms with Crippen LogP contribution < -0.4 is 8.77 Å². The predicted molar refractivity (Wildman–Crippen MR) is 49.8 cm³/mol. The molecule has 0 heterocycles. The fourth-order valence-electron chi connectivity index (χ4n) is 1.28. The Morgan fingerprint density at radius 3 is 2.12 bits per heavy atom. The van der Waals surface area contributed by atoms with Gasteiger partial charge >= 0.3 is 103 Å². The number of nitrogens with zero attached hydrogens (tertiary/aromatic N) is 1. The van der Waals surface area contributed by atoms with Crippen LogP contribution in [0, 0.1) is 11.6 Å². The zero-order valence-electron chi connectivity index (χ0n) is 8.67. The van der Waals surface area contributed by atoms with Gasteiger partial charge in [0.15, 0.2) is 0 Å². The fourth-order valence-corrected chi connectivity index (χ4v) is 1.61. The molecule has 0 aliphatic heterocycles. The molecule has 0 fully saturated rings. The Bertz CT molecular complexity index is 448. The predicted octanol–water partition coefficient (Wildman–Crippen LogP) is 1.04. The van der Waals surface area contributed by atoms with Gasteiger partial charge in [-0.3, -0.25) is 0 Å². The van der Waals surface area contributed by atoms with Crippen molar-refractivity contribution in [1.82, 2.24) is 0 Å². The molecule has 3 nitrogen and oxygen atoms in total. The Labute approximate surface area is 103 Å². The molecule has 2 amide bonds. The van der Waals surface area contributed by atoms with Crippen LogP contribution in [0.5, 0.6) is 0 Å². The number of hydrogen-bond donors (Lipinski definition) is 0. The molecule has 0 saturated carbocycles. The maximum absolute atomic E-state index is 13.6. The van der Waals surface area contributed by atoms with Crippen LogP contribution in [0.2, 0.25) is 0 Å². The molecule has 0 aliphatic rings. The van der Waals surface area contributed by atoms with Gasteiger partial charge in [0.1, 0.15) is 0 Å². The molecule has 1 aromatic carbocycles. The number of carbonyl (C=O) groups excluding carboxylic acids is 2.